The standard InChI is InChI=1S/C33H29N7O3/c1-20-29-30(21-12-17-26(42-3)27(19-21)43-4)39-25-10-6-5-9-24(25)36-31(35-22-13-15-23(41-2)16-14-22)33(39)37-32(29)40(38-20)28-11-7-8-18-34-28/h5-19,30H,1-4H3,(H,35,36)/t30-/m0/s1. The molecule has 0 unspecified atom stereocenters. The molecule has 1 N–H and O–H groups in total. The van der Waals surface area contributed by atoms with Crippen molar-refractivity contribution in [3.63, 3.8) is 0 Å². The van der Waals surface area contributed by atoms with E-state index < -0.39 is 0 Å². The van der Waals surface area contributed by atoms with Crippen molar-refractivity contribution in [3.05, 3.63) is 108 Å². The molecule has 3 aromatic carbocycles. The summed E-state index contributed by atoms with van der Waals surface area (Å²) in [6, 6.07) is 27.2. The fraction of sp³-hybridized carbons (Fsp3) is 0.152. The molecule has 0 bridgehead atoms. The molecule has 0 amide bonds. The summed E-state index contributed by atoms with van der Waals surface area (Å²) < 4.78 is 18.5. The molecule has 0 saturated heterocycles. The lowest BCUT2D eigenvalue weighted by molar-refractivity contribution is 0.354. The van der Waals surface area contributed by atoms with Crippen LogP contribution in [0.2, 0.25) is 0 Å². The van der Waals surface area contributed by atoms with E-state index in [1.165, 1.54) is 0 Å². The first-order valence-corrected chi connectivity index (χ1v) is 13.8. The number of hydrogen-bond acceptors (Lipinski definition) is 9. The highest BCUT2D eigenvalue weighted by Crippen LogP contribution is 2.49. The predicted molar refractivity (Wildman–Crippen MR) is 167 cm³/mol. The molecule has 4 heterocycles. The first-order valence-electron chi connectivity index (χ1n) is 13.8. The quantitative estimate of drug-likeness (QED) is 0.252. The maximum atomic E-state index is 5.73. The number of aromatic nitrogens is 3. The van der Waals surface area contributed by atoms with Crippen LogP contribution in [0.25, 0.3) is 5.82 Å². The van der Waals surface area contributed by atoms with E-state index in [9.17, 15) is 0 Å². The van der Waals surface area contributed by atoms with Crippen molar-refractivity contribution >= 4 is 34.6 Å². The van der Waals surface area contributed by atoms with Crippen molar-refractivity contribution in [2.24, 2.45) is 9.98 Å². The van der Waals surface area contributed by atoms with Crippen LogP contribution in [0.3, 0.4) is 0 Å². The minimum absolute atomic E-state index is 0.316. The molecule has 0 aliphatic carbocycles. The van der Waals surface area contributed by atoms with Gasteiger partial charge in [-0.2, -0.15) is 9.78 Å². The molecule has 2 aromatic heterocycles. The normalized spacial score (nSPS) is 15.0. The number of nitrogens with one attached hydrogen (secondary N) is 1. The van der Waals surface area contributed by atoms with Gasteiger partial charge in [0.1, 0.15) is 5.75 Å². The number of benzene rings is 3. The molecule has 5 aromatic rings. The second-order valence-corrected chi connectivity index (χ2v) is 10.0. The molecule has 2 aliphatic heterocycles. The van der Waals surface area contributed by atoms with Gasteiger partial charge in [0.25, 0.3) is 0 Å². The molecule has 0 radical (unpaired) electrons. The Labute approximate surface area is 248 Å². The molecular weight excluding hydrogens is 542 g/mol. The third-order valence-corrected chi connectivity index (χ3v) is 7.58. The monoisotopic (exact) mass is 571 g/mol. The number of para-hydroxylation sites is 2. The van der Waals surface area contributed by atoms with Crippen molar-refractivity contribution < 1.29 is 14.2 Å². The number of aryl methyl sites for hydroxylation is 1. The van der Waals surface area contributed by atoms with Gasteiger partial charge in [0.2, 0.25) is 0 Å². The highest BCUT2D eigenvalue weighted by Gasteiger charge is 2.41. The highest BCUT2D eigenvalue weighted by atomic mass is 16.5. The lowest BCUT2D eigenvalue weighted by Gasteiger charge is -2.40. The fourth-order valence-corrected chi connectivity index (χ4v) is 5.59. The summed E-state index contributed by atoms with van der Waals surface area (Å²) in [7, 11) is 4.93. The summed E-state index contributed by atoms with van der Waals surface area (Å²) in [5, 5.41) is 8.46. The van der Waals surface area contributed by atoms with E-state index in [-0.39, 0.29) is 6.04 Å². The number of fused-ring (bicyclic) bond motifs is 4. The molecule has 43 heavy (non-hydrogen) atoms. The number of aliphatic imine (C=N–C) groups is 2. The number of anilines is 2. The number of amidine groups is 2. The van der Waals surface area contributed by atoms with Gasteiger partial charge in [-0.05, 0) is 73.2 Å². The predicted octanol–water partition coefficient (Wildman–Crippen LogP) is 6.40. The Morgan fingerprint density at radius 3 is 2.33 bits per heavy atom. The average Bonchev–Trinajstić information content (AvgIpc) is 3.40. The first kappa shape index (κ1) is 26.3. The van der Waals surface area contributed by atoms with Crippen molar-refractivity contribution in [2.75, 3.05) is 31.5 Å². The van der Waals surface area contributed by atoms with Crippen LogP contribution in [-0.4, -0.2) is 47.8 Å². The molecule has 2 aliphatic rings. The number of hydrogen-bond donors (Lipinski definition) is 1. The molecule has 0 fully saturated rings. The van der Waals surface area contributed by atoms with Crippen LogP contribution in [0.4, 0.5) is 22.9 Å². The van der Waals surface area contributed by atoms with Gasteiger partial charge in [-0.25, -0.2) is 15.0 Å². The van der Waals surface area contributed by atoms with E-state index in [2.05, 4.69) is 27.3 Å². The summed E-state index contributed by atoms with van der Waals surface area (Å²) in [5.41, 5.74) is 5.38. The van der Waals surface area contributed by atoms with Crippen molar-refractivity contribution in [1.29, 1.82) is 0 Å². The van der Waals surface area contributed by atoms with Crippen molar-refractivity contribution in [2.45, 2.75) is 13.0 Å². The number of pyridine rings is 1. The molecule has 10 nitrogen and oxygen atoms in total. The van der Waals surface area contributed by atoms with Crippen LogP contribution in [0.15, 0.2) is 101 Å². The van der Waals surface area contributed by atoms with Crippen molar-refractivity contribution in [1.82, 2.24) is 14.8 Å². The Balaban J connectivity index is 1.48. The molecule has 7 rings (SSSR count). The first-order chi connectivity index (χ1) is 21.1. The van der Waals surface area contributed by atoms with E-state index in [0.29, 0.717) is 34.8 Å². The Kier molecular flexibility index (Phi) is 6.50. The van der Waals surface area contributed by atoms with Gasteiger partial charge in [-0.3, -0.25) is 0 Å². The number of methoxy groups -OCH3 is 3. The van der Waals surface area contributed by atoms with Gasteiger partial charge in [0, 0.05) is 17.4 Å². The van der Waals surface area contributed by atoms with Gasteiger partial charge >= 0.3 is 0 Å². The molecule has 0 saturated carbocycles. The largest absolute Gasteiger partial charge is 0.497 e. The summed E-state index contributed by atoms with van der Waals surface area (Å²) >= 11 is 0. The third-order valence-electron chi connectivity index (χ3n) is 7.58. The summed E-state index contributed by atoms with van der Waals surface area (Å²) in [4.78, 5) is 17.1. The number of rotatable bonds is 6. The van der Waals surface area contributed by atoms with E-state index in [4.69, 9.17) is 29.3 Å². The maximum absolute atomic E-state index is 5.73. The van der Waals surface area contributed by atoms with Crippen LogP contribution in [0.5, 0.6) is 17.2 Å². The van der Waals surface area contributed by atoms with Crippen LogP contribution in [0.1, 0.15) is 22.9 Å². The van der Waals surface area contributed by atoms with Crippen LogP contribution in [-0.2, 0) is 0 Å². The Morgan fingerprint density at radius 2 is 1.58 bits per heavy atom. The molecule has 1 atom stereocenters. The fourth-order valence-electron chi connectivity index (χ4n) is 5.59. The molecule has 214 valence electrons. The van der Waals surface area contributed by atoms with E-state index >= 15 is 0 Å². The summed E-state index contributed by atoms with van der Waals surface area (Å²) in [5.74, 6) is 4.67. The van der Waals surface area contributed by atoms with Crippen LogP contribution < -0.4 is 24.4 Å². The van der Waals surface area contributed by atoms with Crippen LogP contribution in [0, 0.1) is 6.92 Å². The van der Waals surface area contributed by atoms with Gasteiger partial charge in [-0.15, -0.1) is 0 Å². The Morgan fingerprint density at radius 1 is 0.791 bits per heavy atom. The molecular formula is C33H29N7O3. The SMILES string of the molecule is COc1ccc(NC2=Nc3ccccc3N3C2=Nc2c(c(C)nn2-c2ccccn2)[C@@H]3c2ccc(OC)c(OC)c2)cc1. The van der Waals surface area contributed by atoms with Crippen LogP contribution >= 0.6 is 0 Å². The number of ether oxygens (including phenoxy) is 3. The van der Waals surface area contributed by atoms with Gasteiger partial charge in [0.05, 0.1) is 44.4 Å². The zero-order valence-corrected chi connectivity index (χ0v) is 24.1. The summed E-state index contributed by atoms with van der Waals surface area (Å²) in [6.45, 7) is 2.01. The third kappa shape index (κ3) is 4.44. The Bertz CT molecular complexity index is 1880. The zero-order valence-electron chi connectivity index (χ0n) is 24.1. The maximum Gasteiger partial charge on any atom is 0.179 e. The van der Waals surface area contributed by atoms with Crippen molar-refractivity contribution in [3.8, 4) is 23.1 Å². The average molecular weight is 572 g/mol. The Hall–Kier alpha value is -5.64. The highest BCUT2D eigenvalue weighted by molar-refractivity contribution is 6.51. The second-order valence-electron chi connectivity index (χ2n) is 10.0. The smallest absolute Gasteiger partial charge is 0.179 e. The molecule has 10 heteroatoms. The summed E-state index contributed by atoms with van der Waals surface area (Å²) in [6.07, 6.45) is 1.75. The number of nitrogens with zero attached hydrogens (tertiary/aromatic N) is 6. The minimum Gasteiger partial charge on any atom is -0.497 e. The van der Waals surface area contributed by atoms with Gasteiger partial charge in [-0.1, -0.05) is 24.3 Å². The lowest BCUT2D eigenvalue weighted by Crippen LogP contribution is -2.46. The topological polar surface area (TPSA) is 98.4 Å². The second kappa shape index (κ2) is 10.6. The lowest BCUT2D eigenvalue weighted by atomic mass is 9.93. The van der Waals surface area contributed by atoms with Gasteiger partial charge in [0.15, 0.2) is 34.8 Å². The minimum atomic E-state index is -0.316. The van der Waals surface area contributed by atoms with E-state index in [1.807, 2.05) is 79.7 Å². The van der Waals surface area contributed by atoms with E-state index in [1.54, 1.807) is 32.2 Å². The van der Waals surface area contributed by atoms with Gasteiger partial charge < -0.3 is 24.4 Å². The zero-order chi connectivity index (χ0) is 29.5. The molecule has 0 spiro atoms. The van der Waals surface area contributed by atoms with E-state index in [0.717, 1.165) is 39.6 Å².